The molecule has 0 unspecified atom stereocenters. The Balaban J connectivity index is 2.14. The highest BCUT2D eigenvalue weighted by Gasteiger charge is 2.12. The second-order valence-electron chi connectivity index (χ2n) is 2.73. The predicted octanol–water partition coefficient (Wildman–Crippen LogP) is 0.876. The van der Waals surface area contributed by atoms with Gasteiger partial charge in [0.1, 0.15) is 10.8 Å². The molecule has 1 aromatic heterocycles. The first-order valence-electron chi connectivity index (χ1n) is 4.09. The summed E-state index contributed by atoms with van der Waals surface area (Å²) >= 11 is 3.28. The van der Waals surface area contributed by atoms with Crippen LogP contribution in [0.5, 0.6) is 0 Å². The van der Waals surface area contributed by atoms with Crippen molar-refractivity contribution in [2.75, 3.05) is 31.2 Å². The Morgan fingerprint density at radius 3 is 2.92 bits per heavy atom. The van der Waals surface area contributed by atoms with Gasteiger partial charge in [0, 0.05) is 13.1 Å². The lowest BCUT2D eigenvalue weighted by atomic mass is 10.4. The monoisotopic (exact) mass is 242 g/mol. The van der Waals surface area contributed by atoms with Crippen molar-refractivity contribution in [1.29, 1.82) is 0 Å². The van der Waals surface area contributed by atoms with Crippen LogP contribution in [0.2, 0.25) is 0 Å². The molecule has 69 valence electrons. The van der Waals surface area contributed by atoms with Crippen molar-refractivity contribution in [3.05, 3.63) is 17.0 Å². The minimum atomic E-state index is 0.743. The quantitative estimate of drug-likeness (QED) is 0.733. The molecule has 2 heterocycles. The molecule has 5 heteroatoms. The SMILES string of the molecule is Brc1cn[c]c(N2CCOCC2)n1. The van der Waals surface area contributed by atoms with Crippen molar-refractivity contribution >= 4 is 21.7 Å². The van der Waals surface area contributed by atoms with Crippen LogP contribution in [-0.2, 0) is 4.74 Å². The van der Waals surface area contributed by atoms with E-state index in [1.807, 2.05) is 0 Å². The number of aromatic nitrogens is 2. The molecule has 0 aromatic carbocycles. The molecule has 1 radical (unpaired) electrons. The van der Waals surface area contributed by atoms with E-state index >= 15 is 0 Å². The molecular weight excluding hydrogens is 234 g/mol. The molecule has 4 nitrogen and oxygen atoms in total. The first kappa shape index (κ1) is 8.90. The van der Waals surface area contributed by atoms with E-state index in [2.05, 4.69) is 37.0 Å². The van der Waals surface area contributed by atoms with Crippen molar-refractivity contribution in [3.8, 4) is 0 Å². The molecule has 2 rings (SSSR count). The van der Waals surface area contributed by atoms with Crippen LogP contribution >= 0.6 is 15.9 Å². The molecule has 0 atom stereocenters. The largest absolute Gasteiger partial charge is 0.378 e. The minimum Gasteiger partial charge on any atom is -0.378 e. The van der Waals surface area contributed by atoms with E-state index in [1.54, 1.807) is 6.20 Å². The Morgan fingerprint density at radius 1 is 1.46 bits per heavy atom. The Labute approximate surface area is 85.1 Å². The zero-order chi connectivity index (χ0) is 9.10. The second kappa shape index (κ2) is 4.02. The number of morpholine rings is 1. The summed E-state index contributed by atoms with van der Waals surface area (Å²) in [6.45, 7) is 3.23. The smallest absolute Gasteiger partial charge is 0.158 e. The Kier molecular flexibility index (Phi) is 2.75. The summed E-state index contributed by atoms with van der Waals surface area (Å²) in [4.78, 5) is 10.3. The predicted molar refractivity (Wildman–Crippen MR) is 51.6 cm³/mol. The van der Waals surface area contributed by atoms with E-state index in [9.17, 15) is 0 Å². The third-order valence-corrected chi connectivity index (χ3v) is 2.24. The van der Waals surface area contributed by atoms with Gasteiger partial charge in [-0.05, 0) is 15.9 Å². The number of ether oxygens (including phenoxy) is 1. The van der Waals surface area contributed by atoms with Crippen LogP contribution < -0.4 is 4.90 Å². The first-order chi connectivity index (χ1) is 6.36. The highest BCUT2D eigenvalue weighted by molar-refractivity contribution is 9.10. The lowest BCUT2D eigenvalue weighted by Gasteiger charge is -2.27. The van der Waals surface area contributed by atoms with Crippen molar-refractivity contribution < 1.29 is 4.74 Å². The average molecular weight is 243 g/mol. The van der Waals surface area contributed by atoms with E-state index < -0.39 is 0 Å². The second-order valence-corrected chi connectivity index (χ2v) is 3.54. The van der Waals surface area contributed by atoms with Gasteiger partial charge in [-0.2, -0.15) is 0 Å². The van der Waals surface area contributed by atoms with E-state index in [0.717, 1.165) is 36.7 Å². The van der Waals surface area contributed by atoms with Gasteiger partial charge in [0.25, 0.3) is 0 Å². The fraction of sp³-hybridized carbons (Fsp3) is 0.500. The summed E-state index contributed by atoms with van der Waals surface area (Å²) in [5, 5.41) is 0. The molecule has 0 spiro atoms. The molecule has 1 aliphatic rings. The first-order valence-corrected chi connectivity index (χ1v) is 4.88. The fourth-order valence-corrected chi connectivity index (χ4v) is 1.49. The van der Waals surface area contributed by atoms with Crippen LogP contribution in [-0.4, -0.2) is 36.3 Å². The minimum absolute atomic E-state index is 0.743. The van der Waals surface area contributed by atoms with Gasteiger partial charge in [0.05, 0.1) is 19.4 Å². The lowest BCUT2D eigenvalue weighted by Crippen LogP contribution is -2.36. The molecule has 0 bridgehead atoms. The molecule has 1 saturated heterocycles. The molecule has 1 aliphatic heterocycles. The average Bonchev–Trinajstić information content (AvgIpc) is 2.19. The number of hydrogen-bond donors (Lipinski definition) is 0. The van der Waals surface area contributed by atoms with Crippen molar-refractivity contribution in [1.82, 2.24) is 9.97 Å². The van der Waals surface area contributed by atoms with E-state index in [0.29, 0.717) is 0 Å². The van der Waals surface area contributed by atoms with Gasteiger partial charge < -0.3 is 9.64 Å². The maximum absolute atomic E-state index is 5.24. The number of rotatable bonds is 1. The third-order valence-electron chi connectivity index (χ3n) is 1.86. The Morgan fingerprint density at radius 2 is 2.23 bits per heavy atom. The molecule has 13 heavy (non-hydrogen) atoms. The number of nitrogens with zero attached hydrogens (tertiary/aromatic N) is 3. The summed E-state index contributed by atoms with van der Waals surface area (Å²) in [5.74, 6) is 0.790. The van der Waals surface area contributed by atoms with Crippen LogP contribution in [0, 0.1) is 6.20 Å². The number of hydrogen-bond acceptors (Lipinski definition) is 4. The van der Waals surface area contributed by atoms with Gasteiger partial charge in [0.15, 0.2) is 5.82 Å². The normalized spacial score (nSPS) is 17.5. The van der Waals surface area contributed by atoms with Crippen molar-refractivity contribution in [3.63, 3.8) is 0 Å². The molecule has 0 saturated carbocycles. The Hall–Kier alpha value is -0.680. The Bertz CT molecular complexity index is 288. The lowest BCUT2D eigenvalue weighted by molar-refractivity contribution is 0.122. The summed E-state index contributed by atoms with van der Waals surface area (Å²) in [5.41, 5.74) is 0. The van der Waals surface area contributed by atoms with Crippen LogP contribution in [0.25, 0.3) is 0 Å². The van der Waals surface area contributed by atoms with Gasteiger partial charge in [-0.3, -0.25) is 0 Å². The zero-order valence-electron chi connectivity index (χ0n) is 7.03. The van der Waals surface area contributed by atoms with Crippen LogP contribution in [0.1, 0.15) is 0 Å². The maximum Gasteiger partial charge on any atom is 0.158 e. The van der Waals surface area contributed by atoms with Crippen molar-refractivity contribution in [2.45, 2.75) is 0 Å². The summed E-state index contributed by atoms with van der Waals surface area (Å²) in [7, 11) is 0. The number of halogens is 1. The van der Waals surface area contributed by atoms with Gasteiger partial charge >= 0.3 is 0 Å². The summed E-state index contributed by atoms with van der Waals surface area (Å²) in [6.07, 6.45) is 4.49. The van der Waals surface area contributed by atoms with E-state index in [1.165, 1.54) is 0 Å². The van der Waals surface area contributed by atoms with Crippen LogP contribution in [0.15, 0.2) is 10.8 Å². The molecule has 1 aromatic rings. The molecule has 0 N–H and O–H groups in total. The zero-order valence-corrected chi connectivity index (χ0v) is 8.62. The van der Waals surface area contributed by atoms with E-state index in [-0.39, 0.29) is 0 Å². The highest BCUT2D eigenvalue weighted by Crippen LogP contribution is 2.13. The highest BCUT2D eigenvalue weighted by atomic mass is 79.9. The molecular formula is C8H9BrN3O. The van der Waals surface area contributed by atoms with E-state index in [4.69, 9.17) is 4.74 Å². The molecule has 0 amide bonds. The standard InChI is InChI=1S/C8H9BrN3O/c9-7-5-10-6-8(11-7)12-1-3-13-4-2-12/h5H,1-4H2. The number of anilines is 1. The topological polar surface area (TPSA) is 38.2 Å². The molecule has 1 fully saturated rings. The fourth-order valence-electron chi connectivity index (χ4n) is 1.21. The van der Waals surface area contributed by atoms with Gasteiger partial charge in [-0.15, -0.1) is 0 Å². The van der Waals surface area contributed by atoms with Crippen molar-refractivity contribution in [2.24, 2.45) is 0 Å². The van der Waals surface area contributed by atoms with Crippen LogP contribution in [0.3, 0.4) is 0 Å². The summed E-state index contributed by atoms with van der Waals surface area (Å²) < 4.78 is 5.98. The molecule has 0 aliphatic carbocycles. The van der Waals surface area contributed by atoms with Gasteiger partial charge in [-0.25, -0.2) is 9.97 Å². The summed E-state index contributed by atoms with van der Waals surface area (Å²) in [6, 6.07) is 0. The van der Waals surface area contributed by atoms with Crippen LogP contribution in [0.4, 0.5) is 5.82 Å². The maximum atomic E-state index is 5.24. The van der Waals surface area contributed by atoms with Gasteiger partial charge in [0.2, 0.25) is 0 Å². The van der Waals surface area contributed by atoms with Gasteiger partial charge in [-0.1, -0.05) is 0 Å². The third kappa shape index (κ3) is 2.16.